The first-order valence-electron chi connectivity index (χ1n) is 8.58. The average Bonchev–Trinajstić information content (AvgIpc) is 3.23. The quantitative estimate of drug-likeness (QED) is 0.486. The first kappa shape index (κ1) is 24.3. The summed E-state index contributed by atoms with van der Waals surface area (Å²) in [4.78, 5) is 21.3. The second-order valence-corrected chi connectivity index (χ2v) is 10.3. The molecule has 0 saturated heterocycles. The molecule has 0 aliphatic heterocycles. The molecular weight excluding hydrogens is 514 g/mol. The molecule has 0 fully saturated rings. The zero-order chi connectivity index (χ0) is 23.8. The number of hydrogen-bond acceptors (Lipinski definition) is 8. The van der Waals surface area contributed by atoms with Gasteiger partial charge in [0, 0.05) is 25.0 Å². The van der Waals surface area contributed by atoms with Crippen LogP contribution in [0.15, 0.2) is 29.4 Å². The molecule has 15 heteroatoms. The number of aromatic nitrogens is 4. The molecule has 3 rings (SSSR count). The molecule has 0 spiro atoms. The number of sulfone groups is 1. The van der Waals surface area contributed by atoms with Crippen LogP contribution >= 0.6 is 34.5 Å². The summed E-state index contributed by atoms with van der Waals surface area (Å²) in [5.41, 5.74) is -0.109. The minimum atomic E-state index is -4.73. The van der Waals surface area contributed by atoms with Crippen molar-refractivity contribution in [2.24, 2.45) is 0 Å². The molecule has 3 heterocycles. The fourth-order valence-electron chi connectivity index (χ4n) is 2.47. The number of rotatable bonds is 5. The van der Waals surface area contributed by atoms with E-state index in [0.29, 0.717) is 0 Å². The Balaban J connectivity index is 2.09. The highest BCUT2D eigenvalue weighted by Crippen LogP contribution is 2.35. The first-order chi connectivity index (χ1) is 14.8. The zero-order valence-corrected chi connectivity index (χ0v) is 19.3. The first-order valence-corrected chi connectivity index (χ1v) is 11.8. The SMILES string of the molecule is CCS(=O)(=O)c1cc(-c2ncc(Cl)cc2Cl)cnc1C(=O)N(C)c1nnc(C(F)(F)F)s1. The highest BCUT2D eigenvalue weighted by atomic mass is 35.5. The van der Waals surface area contributed by atoms with Crippen LogP contribution in [0.25, 0.3) is 11.3 Å². The fourth-order valence-corrected chi connectivity index (χ4v) is 4.68. The summed E-state index contributed by atoms with van der Waals surface area (Å²) in [6, 6.07) is 2.58. The van der Waals surface area contributed by atoms with Gasteiger partial charge in [-0.3, -0.25) is 14.7 Å². The van der Waals surface area contributed by atoms with Crippen molar-refractivity contribution in [1.82, 2.24) is 20.2 Å². The molecule has 0 bridgehead atoms. The molecule has 0 aromatic carbocycles. The zero-order valence-electron chi connectivity index (χ0n) is 16.2. The number of nitrogens with zero attached hydrogens (tertiary/aromatic N) is 5. The van der Waals surface area contributed by atoms with Gasteiger partial charge < -0.3 is 0 Å². The van der Waals surface area contributed by atoms with Crippen LogP contribution in [0.3, 0.4) is 0 Å². The van der Waals surface area contributed by atoms with Crippen molar-refractivity contribution >= 4 is 55.4 Å². The molecule has 0 aliphatic rings. The van der Waals surface area contributed by atoms with Crippen molar-refractivity contribution in [2.75, 3.05) is 17.7 Å². The molecule has 32 heavy (non-hydrogen) atoms. The van der Waals surface area contributed by atoms with Crippen LogP contribution in [-0.2, 0) is 16.0 Å². The number of hydrogen-bond donors (Lipinski definition) is 0. The van der Waals surface area contributed by atoms with E-state index in [0.717, 1.165) is 11.9 Å². The Hall–Kier alpha value is -2.35. The Bertz CT molecular complexity index is 1300. The molecule has 3 aromatic heterocycles. The Morgan fingerprint density at radius 3 is 2.41 bits per heavy atom. The third-order valence-electron chi connectivity index (χ3n) is 4.10. The van der Waals surface area contributed by atoms with E-state index < -0.39 is 37.5 Å². The molecule has 0 unspecified atom stereocenters. The fraction of sp³-hybridized carbons (Fsp3) is 0.235. The minimum absolute atomic E-state index is 0.129. The highest BCUT2D eigenvalue weighted by Gasteiger charge is 2.37. The van der Waals surface area contributed by atoms with Crippen LogP contribution in [-0.4, -0.2) is 47.3 Å². The standard InChI is InChI=1S/C17H12Cl2F3N5O3S2/c1-3-32(29,30)11-4-8(12-10(19)5-9(18)7-24-12)6-23-13(11)14(28)27(2)16-26-25-15(31-16)17(20,21)22/h4-7H,3H2,1-2H3. The number of pyridine rings is 2. The van der Waals surface area contributed by atoms with Gasteiger partial charge in [0.2, 0.25) is 10.1 Å². The van der Waals surface area contributed by atoms with Crippen molar-refractivity contribution in [3.05, 3.63) is 45.3 Å². The second kappa shape index (κ2) is 8.89. The van der Waals surface area contributed by atoms with Crippen LogP contribution < -0.4 is 4.90 Å². The van der Waals surface area contributed by atoms with Crippen LogP contribution in [0.4, 0.5) is 18.3 Å². The molecule has 0 atom stereocenters. The van der Waals surface area contributed by atoms with E-state index in [9.17, 15) is 26.4 Å². The summed E-state index contributed by atoms with van der Waals surface area (Å²) in [5, 5.41) is 5.14. The van der Waals surface area contributed by atoms with Crippen molar-refractivity contribution in [3.8, 4) is 11.3 Å². The molecule has 0 saturated carbocycles. The highest BCUT2D eigenvalue weighted by molar-refractivity contribution is 7.91. The minimum Gasteiger partial charge on any atom is -0.284 e. The summed E-state index contributed by atoms with van der Waals surface area (Å²) in [6.07, 6.45) is -2.25. The monoisotopic (exact) mass is 525 g/mol. The van der Waals surface area contributed by atoms with E-state index >= 15 is 0 Å². The molecular formula is C17H12Cl2F3N5O3S2. The maximum atomic E-state index is 12.9. The van der Waals surface area contributed by atoms with Crippen LogP contribution in [0.1, 0.15) is 22.4 Å². The van der Waals surface area contributed by atoms with Crippen LogP contribution in [0.2, 0.25) is 10.0 Å². The molecule has 0 N–H and O–H groups in total. The van der Waals surface area contributed by atoms with Crippen LogP contribution in [0, 0.1) is 0 Å². The lowest BCUT2D eigenvalue weighted by Gasteiger charge is -2.16. The van der Waals surface area contributed by atoms with E-state index in [-0.39, 0.29) is 43.5 Å². The van der Waals surface area contributed by atoms with Crippen molar-refractivity contribution in [3.63, 3.8) is 0 Å². The third-order valence-corrected chi connectivity index (χ3v) is 7.38. The molecule has 1 amide bonds. The Morgan fingerprint density at radius 2 is 1.84 bits per heavy atom. The molecule has 0 aliphatic carbocycles. The van der Waals surface area contributed by atoms with Crippen LogP contribution in [0.5, 0.6) is 0 Å². The van der Waals surface area contributed by atoms with E-state index in [1.807, 2.05) is 0 Å². The third kappa shape index (κ3) is 4.85. The number of anilines is 1. The van der Waals surface area contributed by atoms with E-state index in [1.165, 1.54) is 31.5 Å². The van der Waals surface area contributed by atoms with Gasteiger partial charge in [-0.1, -0.05) is 41.5 Å². The van der Waals surface area contributed by atoms with Gasteiger partial charge in [-0.05, 0) is 12.1 Å². The van der Waals surface area contributed by atoms with E-state index in [2.05, 4.69) is 20.2 Å². The number of carbonyl (C=O) groups excluding carboxylic acids is 1. The van der Waals surface area contributed by atoms with Crippen molar-refractivity contribution < 1.29 is 26.4 Å². The lowest BCUT2D eigenvalue weighted by molar-refractivity contribution is -0.138. The predicted octanol–water partition coefficient (Wildman–Crippen LogP) is 4.39. The van der Waals surface area contributed by atoms with Gasteiger partial charge in [0.25, 0.3) is 5.91 Å². The summed E-state index contributed by atoms with van der Waals surface area (Å²) in [5.74, 6) is -1.34. The number of amides is 1. The van der Waals surface area contributed by atoms with Gasteiger partial charge in [0.05, 0.1) is 26.4 Å². The number of alkyl halides is 3. The Morgan fingerprint density at radius 1 is 1.16 bits per heavy atom. The molecule has 3 aromatic rings. The largest absolute Gasteiger partial charge is 0.445 e. The summed E-state index contributed by atoms with van der Waals surface area (Å²) < 4.78 is 63.8. The predicted molar refractivity (Wildman–Crippen MR) is 113 cm³/mol. The van der Waals surface area contributed by atoms with Gasteiger partial charge in [0.1, 0.15) is 5.69 Å². The topological polar surface area (TPSA) is 106 Å². The van der Waals surface area contributed by atoms with Crippen molar-refractivity contribution in [1.29, 1.82) is 0 Å². The Labute approximate surface area is 194 Å². The molecule has 170 valence electrons. The summed E-state index contributed by atoms with van der Waals surface area (Å²) in [6.45, 7) is 1.37. The smallest absolute Gasteiger partial charge is 0.284 e. The average molecular weight is 526 g/mol. The van der Waals surface area contributed by atoms with Gasteiger partial charge >= 0.3 is 6.18 Å². The summed E-state index contributed by atoms with van der Waals surface area (Å²) >= 11 is 12.1. The normalized spacial score (nSPS) is 12.1. The Kier molecular flexibility index (Phi) is 6.75. The molecule has 8 nitrogen and oxygen atoms in total. The second-order valence-electron chi connectivity index (χ2n) is 6.21. The van der Waals surface area contributed by atoms with Gasteiger partial charge in [0.15, 0.2) is 9.84 Å². The number of halogens is 5. The van der Waals surface area contributed by atoms with Gasteiger partial charge in [-0.25, -0.2) is 13.4 Å². The lowest BCUT2D eigenvalue weighted by Crippen LogP contribution is -2.29. The number of carbonyl (C=O) groups is 1. The lowest BCUT2D eigenvalue weighted by atomic mass is 10.1. The van der Waals surface area contributed by atoms with Gasteiger partial charge in [-0.2, -0.15) is 13.2 Å². The molecule has 0 radical (unpaired) electrons. The van der Waals surface area contributed by atoms with Gasteiger partial charge in [-0.15, -0.1) is 10.2 Å². The van der Waals surface area contributed by atoms with E-state index in [1.54, 1.807) is 0 Å². The van der Waals surface area contributed by atoms with E-state index in [4.69, 9.17) is 23.2 Å². The van der Waals surface area contributed by atoms with Crippen molar-refractivity contribution in [2.45, 2.75) is 18.0 Å². The maximum absolute atomic E-state index is 12.9. The summed E-state index contributed by atoms with van der Waals surface area (Å²) in [7, 11) is -2.84. The maximum Gasteiger partial charge on any atom is 0.445 e.